The van der Waals surface area contributed by atoms with Gasteiger partial charge in [-0.3, -0.25) is 0 Å². The van der Waals surface area contributed by atoms with Crippen LogP contribution >= 0.6 is 11.3 Å². The van der Waals surface area contributed by atoms with E-state index in [9.17, 15) is 0 Å². The molecule has 0 radical (unpaired) electrons. The lowest BCUT2D eigenvalue weighted by Crippen LogP contribution is -1.94. The molecule has 0 saturated carbocycles. The van der Waals surface area contributed by atoms with Crippen LogP contribution in [0.15, 0.2) is 206 Å². The summed E-state index contributed by atoms with van der Waals surface area (Å²) in [5.41, 5.74) is 14.5. The normalized spacial score (nSPS) is 11.9. The largest absolute Gasteiger partial charge is 0.309 e. The highest BCUT2D eigenvalue weighted by atomic mass is 32.1. The summed E-state index contributed by atoms with van der Waals surface area (Å²) in [6.07, 6.45) is 0. The van der Waals surface area contributed by atoms with E-state index in [-0.39, 0.29) is 0 Å². The second-order valence-electron chi connectivity index (χ2n) is 14.9. The van der Waals surface area contributed by atoms with Gasteiger partial charge in [-0.15, -0.1) is 11.3 Å². The van der Waals surface area contributed by atoms with Crippen molar-refractivity contribution in [3.8, 4) is 44.8 Å². The smallest absolute Gasteiger partial charge is 0.0541 e. The highest BCUT2D eigenvalue weighted by Crippen LogP contribution is 2.40. The molecule has 0 N–H and O–H groups in total. The molecule has 3 aromatic heterocycles. The van der Waals surface area contributed by atoms with Crippen molar-refractivity contribution in [3.05, 3.63) is 206 Å². The van der Waals surface area contributed by atoms with Crippen molar-refractivity contribution in [2.45, 2.75) is 0 Å². The maximum Gasteiger partial charge on any atom is 0.0541 e. The Labute approximate surface area is 333 Å². The van der Waals surface area contributed by atoms with E-state index < -0.39 is 0 Å². The molecule has 0 bridgehead atoms. The summed E-state index contributed by atoms with van der Waals surface area (Å²) >= 11 is 1.86. The highest BCUT2D eigenvalue weighted by Gasteiger charge is 2.16. The Kier molecular flexibility index (Phi) is 7.13. The number of hydrogen-bond donors (Lipinski definition) is 0. The Balaban J connectivity index is 0.919. The lowest BCUT2D eigenvalue weighted by molar-refractivity contribution is 1.18. The van der Waals surface area contributed by atoms with E-state index in [1.807, 2.05) is 11.3 Å². The molecular formula is C54H34N2S. The van der Waals surface area contributed by atoms with Crippen LogP contribution in [0, 0.1) is 0 Å². The summed E-state index contributed by atoms with van der Waals surface area (Å²) in [6.45, 7) is 0. The van der Waals surface area contributed by atoms with E-state index in [1.54, 1.807) is 0 Å². The van der Waals surface area contributed by atoms with Crippen LogP contribution in [0.4, 0.5) is 0 Å². The zero-order chi connectivity index (χ0) is 37.5. The van der Waals surface area contributed by atoms with Crippen LogP contribution in [0.5, 0.6) is 0 Å². The Morgan fingerprint density at radius 1 is 0.246 bits per heavy atom. The van der Waals surface area contributed by atoms with E-state index in [4.69, 9.17) is 0 Å². The van der Waals surface area contributed by atoms with Crippen LogP contribution in [0.3, 0.4) is 0 Å². The fraction of sp³-hybridized carbons (Fsp3) is 0. The van der Waals surface area contributed by atoms with Gasteiger partial charge in [-0.1, -0.05) is 121 Å². The molecule has 0 saturated heterocycles. The van der Waals surface area contributed by atoms with Crippen molar-refractivity contribution in [2.75, 3.05) is 0 Å². The molecule has 3 heteroatoms. The summed E-state index contributed by atoms with van der Waals surface area (Å²) in [4.78, 5) is 0. The first-order valence-electron chi connectivity index (χ1n) is 19.5. The average Bonchev–Trinajstić information content (AvgIpc) is 3.94. The maximum absolute atomic E-state index is 2.41. The van der Waals surface area contributed by atoms with Crippen LogP contribution in [0.2, 0.25) is 0 Å². The van der Waals surface area contributed by atoms with Gasteiger partial charge in [-0.05, 0) is 118 Å². The van der Waals surface area contributed by atoms with Gasteiger partial charge in [0.1, 0.15) is 0 Å². The first-order valence-corrected chi connectivity index (χ1v) is 20.3. The number of aromatic nitrogens is 2. The molecule has 3 heterocycles. The Morgan fingerprint density at radius 3 is 1.33 bits per heavy atom. The zero-order valence-corrected chi connectivity index (χ0v) is 31.7. The number of hydrogen-bond acceptors (Lipinski definition) is 1. The second-order valence-corrected chi connectivity index (χ2v) is 16.0. The minimum atomic E-state index is 1.15. The third-order valence-corrected chi connectivity index (χ3v) is 12.9. The minimum absolute atomic E-state index is 1.15. The quantitative estimate of drug-likeness (QED) is 0.166. The second kappa shape index (κ2) is 12.7. The maximum atomic E-state index is 2.41. The Hall–Kier alpha value is -7.20. The number of nitrogens with zero attached hydrogens (tertiary/aromatic N) is 2. The van der Waals surface area contributed by atoms with Gasteiger partial charge < -0.3 is 9.13 Å². The molecule has 0 aliphatic heterocycles. The fourth-order valence-electron chi connectivity index (χ4n) is 9.03. The van der Waals surface area contributed by atoms with E-state index in [0.29, 0.717) is 0 Å². The molecule has 0 amide bonds. The summed E-state index contributed by atoms with van der Waals surface area (Å²) in [5, 5.41) is 7.69. The molecule has 0 atom stereocenters. The van der Waals surface area contributed by atoms with Crippen LogP contribution < -0.4 is 0 Å². The van der Waals surface area contributed by atoms with Crippen LogP contribution in [0.1, 0.15) is 0 Å². The number of para-hydroxylation sites is 3. The fourth-order valence-corrected chi connectivity index (χ4v) is 10.1. The molecule has 9 aromatic carbocycles. The monoisotopic (exact) mass is 742 g/mol. The molecular weight excluding hydrogens is 709 g/mol. The molecule has 0 aliphatic carbocycles. The molecule has 0 fully saturated rings. The van der Waals surface area contributed by atoms with Crippen LogP contribution in [0.25, 0.3) is 109 Å². The lowest BCUT2D eigenvalue weighted by Gasteiger charge is -2.11. The standard InChI is InChI=1S/C54H34N2S/c1-2-13-41(14-3-1)55-49-18-7-4-15-43(49)46-32-38(23-28-51(46)55)39-24-29-52-47(33-39)44-16-5-8-19-50(44)56(52)42-26-21-35(22-27-42)36-11-10-12-37(31-36)40-25-30-54-48(34-40)45-17-6-9-20-53(45)57-54/h1-34H. The summed E-state index contributed by atoms with van der Waals surface area (Å²) in [6, 6.07) is 75.7. The van der Waals surface area contributed by atoms with Crippen molar-refractivity contribution >= 4 is 75.1 Å². The molecule has 0 aliphatic rings. The summed E-state index contributed by atoms with van der Waals surface area (Å²) < 4.78 is 7.45. The third-order valence-electron chi connectivity index (χ3n) is 11.7. The predicted molar refractivity (Wildman–Crippen MR) is 244 cm³/mol. The van der Waals surface area contributed by atoms with E-state index >= 15 is 0 Å². The predicted octanol–water partition coefficient (Wildman–Crippen LogP) is 15.2. The molecule has 12 aromatic rings. The Morgan fingerprint density at radius 2 is 0.684 bits per heavy atom. The molecule has 266 valence electrons. The van der Waals surface area contributed by atoms with Crippen molar-refractivity contribution < 1.29 is 0 Å². The van der Waals surface area contributed by atoms with Gasteiger partial charge in [-0.25, -0.2) is 0 Å². The highest BCUT2D eigenvalue weighted by molar-refractivity contribution is 7.25. The van der Waals surface area contributed by atoms with Crippen LogP contribution in [-0.2, 0) is 0 Å². The molecule has 57 heavy (non-hydrogen) atoms. The van der Waals surface area contributed by atoms with Gasteiger partial charge in [0.15, 0.2) is 0 Å². The van der Waals surface area contributed by atoms with Crippen LogP contribution in [-0.4, -0.2) is 9.13 Å². The molecule has 0 spiro atoms. The SMILES string of the molecule is c1ccc(-n2c3ccccc3c3cc(-c4ccc5c(c4)c4ccccc4n5-c4ccc(-c5cccc(-c6ccc7sc8ccccc8c7c6)c5)cc4)ccc32)cc1. The van der Waals surface area contributed by atoms with Gasteiger partial charge in [0, 0.05) is 53.1 Å². The van der Waals surface area contributed by atoms with E-state index in [2.05, 4.69) is 215 Å². The minimum Gasteiger partial charge on any atom is -0.309 e. The third kappa shape index (κ3) is 5.10. The lowest BCUT2D eigenvalue weighted by atomic mass is 9.98. The summed E-state index contributed by atoms with van der Waals surface area (Å²) in [7, 11) is 0. The van der Waals surface area contributed by atoms with Crippen molar-refractivity contribution in [3.63, 3.8) is 0 Å². The average molecular weight is 743 g/mol. The number of thiophene rings is 1. The Bertz CT molecular complexity index is 3510. The van der Waals surface area contributed by atoms with Gasteiger partial charge in [-0.2, -0.15) is 0 Å². The molecule has 12 rings (SSSR count). The van der Waals surface area contributed by atoms with Crippen molar-refractivity contribution in [1.82, 2.24) is 9.13 Å². The molecule has 0 unspecified atom stereocenters. The summed E-state index contributed by atoms with van der Waals surface area (Å²) in [5.74, 6) is 0. The topological polar surface area (TPSA) is 9.86 Å². The molecule has 2 nitrogen and oxygen atoms in total. The van der Waals surface area contributed by atoms with Crippen molar-refractivity contribution in [1.29, 1.82) is 0 Å². The zero-order valence-electron chi connectivity index (χ0n) is 30.9. The van der Waals surface area contributed by atoms with Crippen molar-refractivity contribution in [2.24, 2.45) is 0 Å². The van der Waals surface area contributed by atoms with Gasteiger partial charge in [0.05, 0.1) is 22.1 Å². The number of rotatable bonds is 5. The number of benzene rings is 9. The van der Waals surface area contributed by atoms with Gasteiger partial charge in [0.25, 0.3) is 0 Å². The first kappa shape index (κ1) is 32.1. The van der Waals surface area contributed by atoms with Gasteiger partial charge in [0.2, 0.25) is 0 Å². The number of fused-ring (bicyclic) bond motifs is 9. The van der Waals surface area contributed by atoms with Gasteiger partial charge >= 0.3 is 0 Å². The first-order chi connectivity index (χ1) is 28.2. The van der Waals surface area contributed by atoms with E-state index in [1.165, 1.54) is 103 Å². The van der Waals surface area contributed by atoms with E-state index in [0.717, 1.165) is 5.69 Å².